The van der Waals surface area contributed by atoms with Gasteiger partial charge in [0.25, 0.3) is 0 Å². The predicted octanol–water partition coefficient (Wildman–Crippen LogP) is 2.62. The van der Waals surface area contributed by atoms with Crippen LogP contribution in [0.15, 0.2) is 36.4 Å². The maximum absolute atomic E-state index is 11.1. The standard InChI is InChI=1S/C13H12O4/c1-16-17-8-9-6-7-12(13(14)15)11-5-3-2-4-10(9)11/h2-7H,8H2,1H3,(H,14,15). The van der Waals surface area contributed by atoms with Gasteiger partial charge in [0.2, 0.25) is 0 Å². The van der Waals surface area contributed by atoms with Crippen molar-refractivity contribution in [2.24, 2.45) is 0 Å². The van der Waals surface area contributed by atoms with Gasteiger partial charge in [-0.15, -0.1) is 0 Å². The predicted molar refractivity (Wildman–Crippen MR) is 62.7 cm³/mol. The fraction of sp³-hybridized carbons (Fsp3) is 0.154. The lowest BCUT2D eigenvalue weighted by molar-refractivity contribution is -0.282. The molecule has 88 valence electrons. The van der Waals surface area contributed by atoms with E-state index in [1.54, 1.807) is 18.2 Å². The summed E-state index contributed by atoms with van der Waals surface area (Å²) in [7, 11) is 1.44. The molecule has 0 amide bonds. The summed E-state index contributed by atoms with van der Waals surface area (Å²) in [5.74, 6) is -0.930. The van der Waals surface area contributed by atoms with Gasteiger partial charge in [-0.2, -0.15) is 0 Å². The molecule has 4 nitrogen and oxygen atoms in total. The Morgan fingerprint density at radius 1 is 1.18 bits per heavy atom. The van der Waals surface area contributed by atoms with Crippen LogP contribution in [0.4, 0.5) is 0 Å². The average molecular weight is 232 g/mol. The molecule has 0 aromatic heterocycles. The number of hydrogen-bond acceptors (Lipinski definition) is 3. The molecule has 2 rings (SSSR count). The molecule has 2 aromatic rings. The molecule has 1 N–H and O–H groups in total. The quantitative estimate of drug-likeness (QED) is 0.650. The number of aromatic carboxylic acids is 1. The van der Waals surface area contributed by atoms with Crippen molar-refractivity contribution in [1.29, 1.82) is 0 Å². The van der Waals surface area contributed by atoms with Crippen molar-refractivity contribution in [2.45, 2.75) is 6.61 Å². The van der Waals surface area contributed by atoms with Crippen molar-refractivity contribution in [3.8, 4) is 0 Å². The van der Waals surface area contributed by atoms with Gasteiger partial charge in [0.05, 0.1) is 12.7 Å². The van der Waals surface area contributed by atoms with E-state index in [1.165, 1.54) is 7.11 Å². The molecule has 0 fully saturated rings. The minimum atomic E-state index is -0.930. The van der Waals surface area contributed by atoms with Crippen LogP contribution >= 0.6 is 0 Å². The average Bonchev–Trinajstić information content (AvgIpc) is 2.35. The molecule has 0 aliphatic heterocycles. The minimum absolute atomic E-state index is 0.289. The van der Waals surface area contributed by atoms with Gasteiger partial charge in [0.1, 0.15) is 6.61 Å². The number of carboxylic acids is 1. The van der Waals surface area contributed by atoms with Crippen LogP contribution in [0, 0.1) is 0 Å². The van der Waals surface area contributed by atoms with Crippen LogP contribution < -0.4 is 0 Å². The van der Waals surface area contributed by atoms with Gasteiger partial charge >= 0.3 is 5.97 Å². The van der Waals surface area contributed by atoms with Crippen molar-refractivity contribution in [2.75, 3.05) is 7.11 Å². The maximum Gasteiger partial charge on any atom is 0.336 e. The molecular weight excluding hydrogens is 220 g/mol. The van der Waals surface area contributed by atoms with Crippen molar-refractivity contribution in [3.63, 3.8) is 0 Å². The van der Waals surface area contributed by atoms with Gasteiger partial charge in [-0.25, -0.2) is 14.6 Å². The van der Waals surface area contributed by atoms with Crippen LogP contribution in [0.2, 0.25) is 0 Å². The highest BCUT2D eigenvalue weighted by molar-refractivity contribution is 6.04. The van der Waals surface area contributed by atoms with E-state index in [0.29, 0.717) is 10.9 Å². The van der Waals surface area contributed by atoms with Crippen LogP contribution in [0.25, 0.3) is 10.8 Å². The zero-order valence-corrected chi connectivity index (χ0v) is 9.34. The molecule has 0 radical (unpaired) electrons. The van der Waals surface area contributed by atoms with Gasteiger partial charge in [-0.3, -0.25) is 0 Å². The van der Waals surface area contributed by atoms with Crippen LogP contribution in [0.1, 0.15) is 15.9 Å². The van der Waals surface area contributed by atoms with E-state index in [1.807, 2.05) is 18.2 Å². The Hall–Kier alpha value is -1.91. The van der Waals surface area contributed by atoms with Gasteiger partial charge < -0.3 is 5.11 Å². The summed E-state index contributed by atoms with van der Waals surface area (Å²) >= 11 is 0. The molecule has 4 heteroatoms. The van der Waals surface area contributed by atoms with E-state index in [2.05, 4.69) is 4.89 Å². The van der Waals surface area contributed by atoms with Crippen molar-refractivity contribution in [1.82, 2.24) is 0 Å². The van der Waals surface area contributed by atoms with E-state index < -0.39 is 5.97 Å². The molecule has 0 saturated carbocycles. The number of benzene rings is 2. The van der Waals surface area contributed by atoms with E-state index in [-0.39, 0.29) is 6.61 Å². The minimum Gasteiger partial charge on any atom is -0.478 e. The largest absolute Gasteiger partial charge is 0.478 e. The number of carboxylic acid groups (broad SMARTS) is 1. The number of carbonyl (C=O) groups is 1. The van der Waals surface area contributed by atoms with Gasteiger partial charge in [-0.05, 0) is 22.4 Å². The molecule has 0 unspecified atom stereocenters. The molecule has 2 aromatic carbocycles. The van der Waals surface area contributed by atoms with Crippen molar-refractivity contribution < 1.29 is 19.7 Å². The summed E-state index contributed by atoms with van der Waals surface area (Å²) in [5, 5.41) is 10.7. The third kappa shape index (κ3) is 2.27. The van der Waals surface area contributed by atoms with Crippen molar-refractivity contribution in [3.05, 3.63) is 47.5 Å². The van der Waals surface area contributed by atoms with Crippen LogP contribution in [-0.4, -0.2) is 18.2 Å². The fourth-order valence-corrected chi connectivity index (χ4v) is 1.80. The summed E-state index contributed by atoms with van der Waals surface area (Å²) in [4.78, 5) is 20.5. The number of rotatable bonds is 4. The smallest absolute Gasteiger partial charge is 0.336 e. The molecule has 0 atom stereocenters. The van der Waals surface area contributed by atoms with Gasteiger partial charge in [0.15, 0.2) is 0 Å². The monoisotopic (exact) mass is 232 g/mol. The topological polar surface area (TPSA) is 55.8 Å². The number of fused-ring (bicyclic) bond motifs is 1. The van der Waals surface area contributed by atoms with Gasteiger partial charge in [-0.1, -0.05) is 30.3 Å². The van der Waals surface area contributed by atoms with E-state index in [4.69, 9.17) is 9.99 Å². The van der Waals surface area contributed by atoms with E-state index >= 15 is 0 Å². The summed E-state index contributed by atoms with van der Waals surface area (Å²) in [5.41, 5.74) is 1.19. The zero-order valence-electron chi connectivity index (χ0n) is 9.34. The molecular formula is C13H12O4. The Bertz CT molecular complexity index is 548. The highest BCUT2D eigenvalue weighted by Gasteiger charge is 2.10. The first-order valence-corrected chi connectivity index (χ1v) is 5.13. The summed E-state index contributed by atoms with van der Waals surface area (Å²) in [6.07, 6.45) is 0. The van der Waals surface area contributed by atoms with Crippen LogP contribution in [0.5, 0.6) is 0 Å². The maximum atomic E-state index is 11.1. The number of hydrogen-bond donors (Lipinski definition) is 1. The normalized spacial score (nSPS) is 10.6. The lowest BCUT2D eigenvalue weighted by Gasteiger charge is -2.08. The Kier molecular flexibility index (Phi) is 3.37. The SMILES string of the molecule is COOCc1ccc(C(=O)O)c2ccccc12. The first-order valence-electron chi connectivity index (χ1n) is 5.13. The Morgan fingerprint density at radius 2 is 1.88 bits per heavy atom. The second-order valence-electron chi connectivity index (χ2n) is 3.55. The lowest BCUT2D eigenvalue weighted by atomic mass is 10.00. The molecule has 0 aliphatic rings. The summed E-state index contributed by atoms with van der Waals surface area (Å²) in [6.45, 7) is 0.289. The first kappa shape index (κ1) is 11.6. The second kappa shape index (κ2) is 4.95. The fourth-order valence-electron chi connectivity index (χ4n) is 1.80. The Morgan fingerprint density at radius 3 is 2.53 bits per heavy atom. The first-order chi connectivity index (χ1) is 8.24. The molecule has 0 spiro atoms. The highest BCUT2D eigenvalue weighted by Crippen LogP contribution is 2.23. The van der Waals surface area contributed by atoms with E-state index in [9.17, 15) is 4.79 Å². The molecule has 0 saturated heterocycles. The van der Waals surface area contributed by atoms with Gasteiger partial charge in [0, 0.05) is 0 Å². The second-order valence-corrected chi connectivity index (χ2v) is 3.55. The molecule has 0 heterocycles. The Balaban J connectivity index is 2.58. The van der Waals surface area contributed by atoms with Crippen molar-refractivity contribution >= 4 is 16.7 Å². The summed E-state index contributed by atoms with van der Waals surface area (Å²) in [6, 6.07) is 10.7. The zero-order chi connectivity index (χ0) is 12.3. The molecule has 0 aliphatic carbocycles. The van der Waals surface area contributed by atoms with Crippen LogP contribution in [-0.2, 0) is 16.4 Å². The highest BCUT2D eigenvalue weighted by atomic mass is 17.2. The third-order valence-electron chi connectivity index (χ3n) is 2.58. The Labute approximate surface area is 98.3 Å². The molecule has 17 heavy (non-hydrogen) atoms. The summed E-state index contributed by atoms with van der Waals surface area (Å²) < 4.78 is 0. The molecule has 0 bridgehead atoms. The lowest BCUT2D eigenvalue weighted by Crippen LogP contribution is -2.00. The van der Waals surface area contributed by atoms with Crippen LogP contribution in [0.3, 0.4) is 0 Å². The van der Waals surface area contributed by atoms with E-state index in [0.717, 1.165) is 10.9 Å². The third-order valence-corrected chi connectivity index (χ3v) is 2.58.